The van der Waals surface area contributed by atoms with Crippen LogP contribution in [0.3, 0.4) is 0 Å². The van der Waals surface area contributed by atoms with Crippen LogP contribution in [0, 0.1) is 5.92 Å². The van der Waals surface area contributed by atoms with Crippen molar-refractivity contribution in [3.63, 3.8) is 0 Å². The van der Waals surface area contributed by atoms with Crippen molar-refractivity contribution < 1.29 is 22.7 Å². The van der Waals surface area contributed by atoms with Crippen LogP contribution in [0.2, 0.25) is 0 Å². The quantitative estimate of drug-likeness (QED) is 0.337. The van der Waals surface area contributed by atoms with Crippen molar-refractivity contribution >= 4 is 22.6 Å². The molecule has 1 amide bonds. The van der Waals surface area contributed by atoms with Crippen LogP contribution in [0.15, 0.2) is 61.2 Å². The monoisotopic (exact) mass is 523 g/mol. The maximum absolute atomic E-state index is 13.5. The van der Waals surface area contributed by atoms with E-state index in [1.807, 2.05) is 18.2 Å². The van der Waals surface area contributed by atoms with Crippen molar-refractivity contribution in [1.29, 1.82) is 0 Å². The molecule has 198 valence electrons. The molecule has 7 nitrogen and oxygen atoms in total. The molecule has 10 heteroatoms. The van der Waals surface area contributed by atoms with Crippen molar-refractivity contribution in [2.75, 3.05) is 11.4 Å². The Balaban J connectivity index is 1.46. The van der Waals surface area contributed by atoms with Gasteiger partial charge in [0.1, 0.15) is 30.1 Å². The van der Waals surface area contributed by atoms with E-state index in [4.69, 9.17) is 10.5 Å². The van der Waals surface area contributed by atoms with E-state index in [1.165, 1.54) is 17.3 Å². The minimum Gasteiger partial charge on any atom is -0.488 e. The molecule has 0 unspecified atom stereocenters. The summed E-state index contributed by atoms with van der Waals surface area (Å²) < 4.78 is 46.8. The van der Waals surface area contributed by atoms with Crippen LogP contribution in [0.4, 0.5) is 18.9 Å². The van der Waals surface area contributed by atoms with E-state index in [1.54, 1.807) is 38.5 Å². The summed E-state index contributed by atoms with van der Waals surface area (Å²) in [6.07, 6.45) is 3.34. The first kappa shape index (κ1) is 25.6. The highest BCUT2D eigenvalue weighted by atomic mass is 19.4. The minimum absolute atomic E-state index is 0.00303. The molecule has 1 aliphatic carbocycles. The maximum Gasteiger partial charge on any atom is 0.405 e. The van der Waals surface area contributed by atoms with Crippen molar-refractivity contribution in [1.82, 2.24) is 15.0 Å². The van der Waals surface area contributed by atoms with Gasteiger partial charge in [0.15, 0.2) is 0 Å². The number of primary amides is 1. The predicted octanol–water partition coefficient (Wildman–Crippen LogP) is 5.05. The molecule has 0 saturated heterocycles. The second-order valence-corrected chi connectivity index (χ2v) is 9.95. The number of ether oxygens (including phenoxy) is 1. The fourth-order valence-corrected chi connectivity index (χ4v) is 5.20. The molecule has 1 aliphatic rings. The molecular weight excluding hydrogens is 495 g/mol. The Morgan fingerprint density at radius 1 is 1.16 bits per heavy atom. The average molecular weight is 524 g/mol. The normalized spacial score (nSPS) is 14.6. The second kappa shape index (κ2) is 10.00. The lowest BCUT2D eigenvalue weighted by Gasteiger charge is -2.34. The number of rotatable bonds is 8. The van der Waals surface area contributed by atoms with Gasteiger partial charge in [-0.05, 0) is 29.2 Å². The van der Waals surface area contributed by atoms with Gasteiger partial charge < -0.3 is 20.4 Å². The lowest BCUT2D eigenvalue weighted by molar-refractivity contribution is -0.126. The lowest BCUT2D eigenvalue weighted by atomic mass is 10.0. The van der Waals surface area contributed by atoms with Crippen molar-refractivity contribution in [3.05, 3.63) is 72.3 Å². The number of hydrogen-bond donors (Lipinski definition) is 2. The van der Waals surface area contributed by atoms with Gasteiger partial charge in [0, 0.05) is 41.7 Å². The standard InChI is InChI=1S/C28H28F3N5O2/c1-16(2)25(26(32)37)36(15-28(29,30)31)20-7-19(11-33-12-20)24-14-35-27-23(24)10-22(13-34-27)38-21-8-17-5-3-4-6-18(17)9-21/h3-7,10-14,16,21,25H,8-9,15H2,1-2H3,(H2,32,37)(H,34,35)/t25-/m0/s1. The van der Waals surface area contributed by atoms with Crippen LogP contribution in [0.5, 0.6) is 5.75 Å². The number of hydrogen-bond acceptors (Lipinski definition) is 5. The predicted molar refractivity (Wildman–Crippen MR) is 139 cm³/mol. The number of fused-ring (bicyclic) bond motifs is 2. The number of aromatic amines is 1. The van der Waals surface area contributed by atoms with Gasteiger partial charge in [0.05, 0.1) is 18.1 Å². The second-order valence-electron chi connectivity index (χ2n) is 9.95. The number of halogens is 3. The Kier molecular flexibility index (Phi) is 6.73. The number of aromatic nitrogens is 3. The van der Waals surface area contributed by atoms with Gasteiger partial charge in [-0.1, -0.05) is 38.1 Å². The van der Waals surface area contributed by atoms with Crippen molar-refractivity contribution in [3.8, 4) is 16.9 Å². The highest BCUT2D eigenvalue weighted by molar-refractivity contribution is 5.94. The van der Waals surface area contributed by atoms with Gasteiger partial charge in [-0.15, -0.1) is 0 Å². The van der Waals surface area contributed by atoms with Crippen LogP contribution in [-0.4, -0.2) is 45.7 Å². The molecule has 3 N–H and O–H groups in total. The minimum atomic E-state index is -4.55. The van der Waals surface area contributed by atoms with Crippen LogP contribution >= 0.6 is 0 Å². The zero-order valence-corrected chi connectivity index (χ0v) is 21.0. The molecule has 4 aromatic rings. The summed E-state index contributed by atoms with van der Waals surface area (Å²) in [4.78, 5) is 24.9. The summed E-state index contributed by atoms with van der Waals surface area (Å²) >= 11 is 0. The fourth-order valence-electron chi connectivity index (χ4n) is 5.20. The summed E-state index contributed by atoms with van der Waals surface area (Å²) in [5.74, 6) is -0.674. The zero-order chi connectivity index (χ0) is 27.0. The Bertz CT molecular complexity index is 1440. The summed E-state index contributed by atoms with van der Waals surface area (Å²) in [7, 11) is 0. The molecule has 38 heavy (non-hydrogen) atoms. The van der Waals surface area contributed by atoms with Gasteiger partial charge >= 0.3 is 6.18 Å². The number of benzene rings is 1. The number of nitrogens with zero attached hydrogens (tertiary/aromatic N) is 3. The first-order chi connectivity index (χ1) is 18.1. The average Bonchev–Trinajstić information content (AvgIpc) is 3.45. The van der Waals surface area contributed by atoms with Crippen molar-refractivity contribution in [2.24, 2.45) is 11.7 Å². The van der Waals surface area contributed by atoms with Gasteiger partial charge in [0.2, 0.25) is 5.91 Å². The number of carbonyl (C=O) groups is 1. The molecule has 3 aromatic heterocycles. The molecule has 0 bridgehead atoms. The smallest absolute Gasteiger partial charge is 0.405 e. The summed E-state index contributed by atoms with van der Waals surface area (Å²) in [5, 5.41) is 0.745. The Labute approximate surface area is 217 Å². The van der Waals surface area contributed by atoms with Crippen molar-refractivity contribution in [2.45, 2.75) is 45.0 Å². The number of nitrogens with one attached hydrogen (secondary N) is 1. The molecule has 0 fully saturated rings. The molecule has 3 heterocycles. The van der Waals surface area contributed by atoms with Gasteiger partial charge in [-0.2, -0.15) is 13.2 Å². The van der Waals surface area contributed by atoms with E-state index in [0.29, 0.717) is 22.5 Å². The van der Waals surface area contributed by atoms with E-state index >= 15 is 0 Å². The van der Waals surface area contributed by atoms with Gasteiger partial charge in [0.25, 0.3) is 0 Å². The highest BCUT2D eigenvalue weighted by Gasteiger charge is 2.37. The van der Waals surface area contributed by atoms with Crippen LogP contribution in [0.25, 0.3) is 22.2 Å². The molecule has 0 spiro atoms. The van der Waals surface area contributed by atoms with E-state index in [2.05, 4.69) is 27.1 Å². The number of pyridine rings is 2. The van der Waals surface area contributed by atoms with E-state index in [-0.39, 0.29) is 11.8 Å². The number of nitrogens with two attached hydrogens (primary N) is 1. The van der Waals surface area contributed by atoms with E-state index < -0.39 is 30.6 Å². The van der Waals surface area contributed by atoms with Crippen LogP contribution in [0.1, 0.15) is 25.0 Å². The zero-order valence-electron chi connectivity index (χ0n) is 21.0. The summed E-state index contributed by atoms with van der Waals surface area (Å²) in [5.41, 5.74) is 10.1. The molecule has 0 radical (unpaired) electrons. The third-order valence-electron chi connectivity index (χ3n) is 6.80. The maximum atomic E-state index is 13.5. The Morgan fingerprint density at radius 2 is 1.87 bits per heavy atom. The SMILES string of the molecule is CC(C)[C@@H](C(N)=O)N(CC(F)(F)F)c1cncc(-c2c[nH]c3ncc(OC4Cc5ccccc5C4)cc23)c1. The van der Waals surface area contributed by atoms with Gasteiger partial charge in [-0.3, -0.25) is 9.78 Å². The topological polar surface area (TPSA) is 97.1 Å². The number of H-pyrrole nitrogens is 1. The van der Waals surface area contributed by atoms with E-state index in [9.17, 15) is 18.0 Å². The molecule has 1 atom stereocenters. The first-order valence-electron chi connectivity index (χ1n) is 12.4. The van der Waals surface area contributed by atoms with Gasteiger partial charge in [-0.25, -0.2) is 4.98 Å². The number of anilines is 1. The van der Waals surface area contributed by atoms with Crippen LogP contribution < -0.4 is 15.4 Å². The summed E-state index contributed by atoms with van der Waals surface area (Å²) in [6.45, 7) is 1.98. The molecular formula is C28H28F3N5O2. The Hall–Kier alpha value is -4.08. The third kappa shape index (κ3) is 5.29. The van der Waals surface area contributed by atoms with Crippen LogP contribution in [-0.2, 0) is 17.6 Å². The lowest BCUT2D eigenvalue weighted by Crippen LogP contribution is -2.51. The molecule has 1 aromatic carbocycles. The highest BCUT2D eigenvalue weighted by Crippen LogP contribution is 2.34. The van der Waals surface area contributed by atoms with E-state index in [0.717, 1.165) is 23.1 Å². The third-order valence-corrected chi connectivity index (χ3v) is 6.80. The molecule has 5 rings (SSSR count). The molecule has 0 saturated carbocycles. The summed E-state index contributed by atoms with van der Waals surface area (Å²) in [6, 6.07) is 10.5. The number of amides is 1. The largest absolute Gasteiger partial charge is 0.488 e. The fraction of sp³-hybridized carbons (Fsp3) is 0.321. The number of carbonyl (C=O) groups excluding carboxylic acids is 1. The number of alkyl halides is 3. The molecule has 0 aliphatic heterocycles. The first-order valence-corrected chi connectivity index (χ1v) is 12.4. The Morgan fingerprint density at radius 3 is 2.50 bits per heavy atom.